The van der Waals surface area contributed by atoms with E-state index in [9.17, 15) is 49.8 Å². The minimum atomic E-state index is -6.81. The number of rotatable bonds is 6. The molecule has 5 fully saturated rings. The summed E-state index contributed by atoms with van der Waals surface area (Å²) in [5.41, 5.74) is -2.01. The zero-order valence-corrected chi connectivity index (χ0v) is 21.2. The van der Waals surface area contributed by atoms with Crippen LogP contribution in [0, 0.1) is 28.6 Å². The summed E-state index contributed by atoms with van der Waals surface area (Å²) >= 11 is 3.15. The normalized spacial score (nSPS) is 33.6. The highest BCUT2D eigenvalue weighted by Crippen LogP contribution is 2.72. The number of alkyl halides is 6. The first kappa shape index (κ1) is 28.6. The molecule has 16 heteroatoms. The van der Waals surface area contributed by atoms with Crippen molar-refractivity contribution >= 4 is 39.6 Å². The Labute approximate surface area is 211 Å². The zero-order valence-electron chi connectivity index (χ0n) is 18.8. The Hall–Kier alpha value is -0.420. The number of hydrogen-bond acceptors (Lipinski definition) is 8. The van der Waals surface area contributed by atoms with Gasteiger partial charge < -0.3 is 14.9 Å². The molecule has 1 spiro atoms. The molecule has 4 saturated carbocycles. The quantitative estimate of drug-likeness (QED) is 0.244. The lowest BCUT2D eigenvalue weighted by atomic mass is 9.49. The Morgan fingerprint density at radius 1 is 0.917 bits per heavy atom. The van der Waals surface area contributed by atoms with Gasteiger partial charge in [-0.2, -0.15) is 34.8 Å². The zero-order chi connectivity index (χ0) is 27.0. The molecule has 2 unspecified atom stereocenters. The maximum Gasteiger partial charge on any atom is 0.423 e. The molecule has 208 valence electrons. The molecule has 0 aromatic rings. The summed E-state index contributed by atoms with van der Waals surface area (Å²) in [6.45, 7) is -3.03. The smallest absolute Gasteiger partial charge is 0.423 e. The summed E-state index contributed by atoms with van der Waals surface area (Å²) in [7, 11) is -6.81. The average Bonchev–Trinajstić information content (AvgIpc) is 2.75. The molecule has 5 aliphatic rings. The summed E-state index contributed by atoms with van der Waals surface area (Å²) in [5.74, 6) is -0.562. The number of aliphatic hydroxyl groups excluding tert-OH is 2. The fraction of sp³-hybridized carbons (Fsp3) is 0.950. The molecule has 3 N–H and O–H groups in total. The van der Waals surface area contributed by atoms with E-state index in [0.29, 0.717) is 11.5 Å². The van der Waals surface area contributed by atoms with Crippen LogP contribution in [-0.4, -0.2) is 81.7 Å². The molecule has 1 aliphatic heterocycles. The molecule has 0 amide bonds. The molecule has 2 atom stereocenters. The molecule has 4 aliphatic carbocycles. The highest BCUT2D eigenvalue weighted by Gasteiger charge is 2.80. The minimum absolute atomic E-state index is 0.0146. The van der Waals surface area contributed by atoms with Crippen LogP contribution in [-0.2, 0) is 19.6 Å². The fourth-order valence-electron chi connectivity index (χ4n) is 6.51. The number of carbonyl (C=O) groups excluding carboxylic acids is 1. The van der Waals surface area contributed by atoms with Crippen molar-refractivity contribution in [2.45, 2.75) is 53.3 Å². The van der Waals surface area contributed by atoms with Gasteiger partial charge >= 0.3 is 23.1 Å². The van der Waals surface area contributed by atoms with E-state index in [0.717, 1.165) is 12.8 Å². The van der Waals surface area contributed by atoms with Gasteiger partial charge in [0.15, 0.2) is 0 Å². The van der Waals surface area contributed by atoms with Crippen LogP contribution in [0.4, 0.5) is 26.3 Å². The van der Waals surface area contributed by atoms with Crippen molar-refractivity contribution in [3.05, 3.63) is 0 Å². The van der Waals surface area contributed by atoms with E-state index < -0.39 is 50.6 Å². The predicted octanol–water partition coefficient (Wildman–Crippen LogP) is 3.25. The lowest BCUT2D eigenvalue weighted by Crippen LogP contribution is -2.66. The maximum atomic E-state index is 13.4. The van der Waals surface area contributed by atoms with Crippen LogP contribution < -0.4 is 0 Å². The molecule has 0 radical (unpaired) electrons. The summed E-state index contributed by atoms with van der Waals surface area (Å²) in [5, 5.41) is 19.4. The molecule has 5 rings (SSSR count). The number of thioether (sulfide) groups is 2. The summed E-state index contributed by atoms with van der Waals surface area (Å²) < 4.78 is 111. The molecule has 7 nitrogen and oxygen atoms in total. The van der Waals surface area contributed by atoms with Crippen molar-refractivity contribution in [3.8, 4) is 0 Å². The predicted molar refractivity (Wildman–Crippen MR) is 118 cm³/mol. The Morgan fingerprint density at radius 3 is 1.78 bits per heavy atom. The molecule has 0 aromatic heterocycles. The fourth-order valence-corrected chi connectivity index (χ4v) is 11.4. The standard InChI is InChI=1S/C20H26F6O7S3/c21-19(22,23)17(20(24,25)26,36(30,31)32)8-33-14(29)16-3-11-1-12(4-16)18(13(2-11)5-16)34-9-15(6-27,7-28)10-35-18/h11-13,27-28H,1-10H2,(H,30,31,32). The van der Waals surface area contributed by atoms with E-state index in [1.54, 1.807) is 23.5 Å². The van der Waals surface area contributed by atoms with Gasteiger partial charge in [0.1, 0.15) is 6.61 Å². The first-order valence-electron chi connectivity index (χ1n) is 11.2. The molecule has 36 heavy (non-hydrogen) atoms. The first-order valence-corrected chi connectivity index (χ1v) is 14.6. The summed E-state index contributed by atoms with van der Waals surface area (Å²) in [4.78, 5) is 13.1. The molecule has 1 saturated heterocycles. The van der Waals surface area contributed by atoms with Crippen LogP contribution in [0.15, 0.2) is 0 Å². The lowest BCUT2D eigenvalue weighted by Gasteiger charge is -2.65. The Morgan fingerprint density at radius 2 is 1.39 bits per heavy atom. The number of carbonyl (C=O) groups is 1. The van der Waals surface area contributed by atoms with Crippen molar-refractivity contribution < 1.29 is 59.1 Å². The monoisotopic (exact) mass is 588 g/mol. The van der Waals surface area contributed by atoms with Crippen LogP contribution in [0.1, 0.15) is 32.1 Å². The van der Waals surface area contributed by atoms with Gasteiger partial charge in [0.2, 0.25) is 0 Å². The largest absolute Gasteiger partial charge is 0.463 e. The second-order valence-corrected chi connectivity index (χ2v) is 15.0. The van der Waals surface area contributed by atoms with Gasteiger partial charge in [-0.1, -0.05) is 0 Å². The van der Waals surface area contributed by atoms with E-state index in [-0.39, 0.29) is 54.3 Å². The van der Waals surface area contributed by atoms with Gasteiger partial charge in [0.25, 0.3) is 10.1 Å². The highest BCUT2D eigenvalue weighted by molar-refractivity contribution is 8.18. The van der Waals surface area contributed by atoms with Crippen molar-refractivity contribution in [2.75, 3.05) is 31.3 Å². The number of aliphatic hydroxyl groups is 2. The van der Waals surface area contributed by atoms with E-state index in [2.05, 4.69) is 4.74 Å². The van der Waals surface area contributed by atoms with E-state index in [1.165, 1.54) is 0 Å². The van der Waals surface area contributed by atoms with E-state index >= 15 is 0 Å². The summed E-state index contributed by atoms with van der Waals surface area (Å²) in [6, 6.07) is 0. The Bertz CT molecular complexity index is 953. The van der Waals surface area contributed by atoms with E-state index in [1.807, 2.05) is 0 Å². The molecular formula is C20H26F6O7S3. The van der Waals surface area contributed by atoms with Gasteiger partial charge in [0.05, 0.1) is 22.7 Å². The molecule has 1 heterocycles. The van der Waals surface area contributed by atoms with Crippen molar-refractivity contribution in [1.29, 1.82) is 0 Å². The molecule has 4 bridgehead atoms. The van der Waals surface area contributed by atoms with Crippen LogP contribution in [0.3, 0.4) is 0 Å². The molecule has 0 aromatic carbocycles. The third-order valence-corrected chi connectivity index (χ3v) is 14.3. The van der Waals surface area contributed by atoms with Crippen molar-refractivity contribution in [2.24, 2.45) is 28.6 Å². The van der Waals surface area contributed by atoms with E-state index in [4.69, 9.17) is 4.55 Å². The minimum Gasteiger partial charge on any atom is -0.463 e. The van der Waals surface area contributed by atoms with Crippen LogP contribution in [0.2, 0.25) is 0 Å². The van der Waals surface area contributed by atoms with Gasteiger partial charge in [-0.15, -0.1) is 23.5 Å². The number of halogens is 6. The van der Waals surface area contributed by atoms with Gasteiger partial charge in [-0.25, -0.2) is 0 Å². The van der Waals surface area contributed by atoms with Gasteiger partial charge in [-0.3, -0.25) is 9.35 Å². The third-order valence-electron chi connectivity index (χ3n) is 8.40. The highest BCUT2D eigenvalue weighted by atomic mass is 32.2. The second kappa shape index (κ2) is 8.80. The number of ether oxygens (including phenoxy) is 1. The van der Waals surface area contributed by atoms with Crippen molar-refractivity contribution in [1.82, 2.24) is 0 Å². The molecular weight excluding hydrogens is 562 g/mol. The Balaban J connectivity index is 1.56. The maximum absolute atomic E-state index is 13.4. The lowest BCUT2D eigenvalue weighted by molar-refractivity contribution is -0.278. The first-order chi connectivity index (χ1) is 16.4. The SMILES string of the molecule is O=C(OCC(C(F)(F)F)(C(F)(F)F)S(=O)(=O)O)C12CC3CC(C1)C1(SCC(CO)(CO)CS1)C(C3)C2. The summed E-state index contributed by atoms with van der Waals surface area (Å²) in [6.07, 6.45) is -11.0. The number of hydrogen-bond donors (Lipinski definition) is 3. The number of esters is 1. The Kier molecular flexibility index (Phi) is 6.98. The van der Waals surface area contributed by atoms with Crippen molar-refractivity contribution in [3.63, 3.8) is 0 Å². The average molecular weight is 589 g/mol. The second-order valence-electron chi connectivity index (χ2n) is 10.6. The van der Waals surface area contributed by atoms with Gasteiger partial charge in [0, 0.05) is 16.9 Å². The van der Waals surface area contributed by atoms with Crippen LogP contribution in [0.5, 0.6) is 0 Å². The third kappa shape index (κ3) is 4.07. The van der Waals surface area contributed by atoms with Crippen LogP contribution in [0.25, 0.3) is 0 Å². The van der Waals surface area contributed by atoms with Gasteiger partial charge in [-0.05, 0) is 49.9 Å². The van der Waals surface area contributed by atoms with Crippen LogP contribution >= 0.6 is 23.5 Å². The topological polar surface area (TPSA) is 121 Å².